The maximum Gasteiger partial charge on any atom is 0.171 e. The van der Waals surface area contributed by atoms with Crippen LogP contribution in [0.25, 0.3) is 11.0 Å². The number of aliphatic hydroxyl groups is 4. The first kappa shape index (κ1) is 22.5. The van der Waals surface area contributed by atoms with Gasteiger partial charge in [0.25, 0.3) is 0 Å². The first-order chi connectivity index (χ1) is 14.1. The summed E-state index contributed by atoms with van der Waals surface area (Å²) in [6, 6.07) is 7.89. The molecule has 2 aromatic rings. The van der Waals surface area contributed by atoms with Crippen molar-refractivity contribution in [1.29, 1.82) is 0 Å². The van der Waals surface area contributed by atoms with E-state index in [1.807, 2.05) is 24.3 Å². The van der Waals surface area contributed by atoms with Crippen molar-refractivity contribution in [2.75, 3.05) is 6.61 Å². The second-order valence-electron chi connectivity index (χ2n) is 7.62. The molecule has 1 aromatic carbocycles. The van der Waals surface area contributed by atoms with Crippen LogP contribution < -0.4 is 0 Å². The van der Waals surface area contributed by atoms with E-state index in [0.29, 0.717) is 5.16 Å². The largest absolute Gasteiger partial charge is 0.394 e. The third kappa shape index (κ3) is 5.31. The zero-order valence-corrected chi connectivity index (χ0v) is 17.7. The third-order valence-corrected chi connectivity index (χ3v) is 6.57. The Bertz CT molecular complexity index is 769. The normalized spacial score (nSPS) is 27.6. The summed E-state index contributed by atoms with van der Waals surface area (Å²) in [6.07, 6.45) is 2.23. The van der Waals surface area contributed by atoms with E-state index in [4.69, 9.17) is 9.72 Å². The second-order valence-corrected chi connectivity index (χ2v) is 8.68. The zero-order chi connectivity index (χ0) is 20.8. The van der Waals surface area contributed by atoms with Crippen LogP contribution >= 0.6 is 11.8 Å². The Morgan fingerprint density at radius 1 is 1.00 bits per heavy atom. The van der Waals surface area contributed by atoms with Crippen molar-refractivity contribution in [3.8, 4) is 0 Å². The average molecular weight is 425 g/mol. The van der Waals surface area contributed by atoms with Crippen molar-refractivity contribution < 1.29 is 25.2 Å². The first-order valence-electron chi connectivity index (χ1n) is 10.5. The second kappa shape index (κ2) is 10.7. The fraction of sp³-hybridized carbons (Fsp3) is 0.667. The number of rotatable bonds is 10. The molecule has 1 saturated heterocycles. The summed E-state index contributed by atoms with van der Waals surface area (Å²) >= 11 is 1.22. The molecule has 1 aromatic heterocycles. The number of ether oxygens (including phenoxy) is 1. The van der Waals surface area contributed by atoms with Crippen molar-refractivity contribution >= 4 is 22.8 Å². The van der Waals surface area contributed by atoms with Gasteiger partial charge in [0.15, 0.2) is 5.16 Å². The predicted molar refractivity (Wildman–Crippen MR) is 113 cm³/mol. The van der Waals surface area contributed by atoms with Gasteiger partial charge in [0.1, 0.15) is 29.9 Å². The maximum atomic E-state index is 10.4. The monoisotopic (exact) mass is 424 g/mol. The van der Waals surface area contributed by atoms with Crippen molar-refractivity contribution in [2.45, 2.75) is 87.0 Å². The molecule has 0 radical (unpaired) electrons. The van der Waals surface area contributed by atoms with Crippen LogP contribution in [0.5, 0.6) is 0 Å². The van der Waals surface area contributed by atoms with Gasteiger partial charge in [0.05, 0.1) is 17.6 Å². The minimum absolute atomic E-state index is 0.434. The van der Waals surface area contributed by atoms with Crippen LogP contribution in [-0.2, 0) is 11.3 Å². The van der Waals surface area contributed by atoms with E-state index in [1.54, 1.807) is 0 Å². The first-order valence-corrected chi connectivity index (χ1v) is 11.4. The van der Waals surface area contributed by atoms with E-state index in [9.17, 15) is 20.4 Å². The molecule has 5 unspecified atom stereocenters. The Hall–Kier alpha value is -1.16. The summed E-state index contributed by atoms with van der Waals surface area (Å²) in [4.78, 5) is 4.69. The van der Waals surface area contributed by atoms with Gasteiger partial charge in [-0.25, -0.2) is 4.98 Å². The molecule has 5 atom stereocenters. The highest BCUT2D eigenvalue weighted by molar-refractivity contribution is 7.99. The minimum atomic E-state index is -1.38. The van der Waals surface area contributed by atoms with Crippen molar-refractivity contribution in [2.24, 2.45) is 0 Å². The van der Waals surface area contributed by atoms with Crippen LogP contribution in [0, 0.1) is 0 Å². The van der Waals surface area contributed by atoms with Gasteiger partial charge in [-0.1, -0.05) is 62.9 Å². The smallest absolute Gasteiger partial charge is 0.171 e. The minimum Gasteiger partial charge on any atom is -0.394 e. The molecule has 8 heteroatoms. The molecular weight excluding hydrogens is 392 g/mol. The van der Waals surface area contributed by atoms with Gasteiger partial charge in [-0.2, -0.15) is 0 Å². The molecule has 2 heterocycles. The number of thioether (sulfide) groups is 1. The number of para-hydroxylation sites is 2. The lowest BCUT2D eigenvalue weighted by atomic mass is 10.0. The zero-order valence-electron chi connectivity index (χ0n) is 16.9. The number of fused-ring (bicyclic) bond motifs is 1. The van der Waals surface area contributed by atoms with Crippen molar-refractivity contribution in [3.05, 3.63) is 24.3 Å². The maximum absolute atomic E-state index is 10.4. The van der Waals surface area contributed by atoms with E-state index >= 15 is 0 Å². The molecule has 1 aliphatic rings. The van der Waals surface area contributed by atoms with Crippen LogP contribution in [0.2, 0.25) is 0 Å². The lowest BCUT2D eigenvalue weighted by molar-refractivity contribution is -0.205. The Kier molecular flexibility index (Phi) is 8.35. The van der Waals surface area contributed by atoms with E-state index < -0.39 is 36.5 Å². The predicted octanol–water partition coefficient (Wildman–Crippen LogP) is 2.29. The molecule has 3 rings (SSSR count). The summed E-state index contributed by atoms with van der Waals surface area (Å²) in [6.45, 7) is 2.59. The molecule has 0 amide bonds. The topological polar surface area (TPSA) is 108 Å². The van der Waals surface area contributed by atoms with Gasteiger partial charge in [-0.15, -0.1) is 0 Å². The standard InChI is InChI=1S/C21H32N2O5S/c1-2-3-4-5-6-9-12-23-15-11-8-7-10-14(15)22-21(23)29-20-19(27)18(26)17(25)16(13-24)28-20/h7-8,10-11,16-20,24-27H,2-6,9,12-13H2,1H3. The molecule has 4 N–H and O–H groups in total. The molecule has 7 nitrogen and oxygen atoms in total. The SMILES string of the molecule is CCCCCCCCn1c(SC2OC(CO)C(O)C(O)C2O)nc2ccccc21. The van der Waals surface area contributed by atoms with Crippen molar-refractivity contribution in [1.82, 2.24) is 9.55 Å². The molecule has 1 aliphatic heterocycles. The Balaban J connectivity index is 1.74. The molecule has 0 bridgehead atoms. The van der Waals surface area contributed by atoms with Gasteiger partial charge in [0.2, 0.25) is 0 Å². The Labute approximate surface area is 175 Å². The van der Waals surface area contributed by atoms with Crippen LogP contribution in [-0.4, -0.2) is 66.4 Å². The van der Waals surface area contributed by atoms with E-state index in [-0.39, 0.29) is 0 Å². The van der Waals surface area contributed by atoms with Crippen molar-refractivity contribution in [3.63, 3.8) is 0 Å². The van der Waals surface area contributed by atoms with Gasteiger partial charge in [-0.3, -0.25) is 0 Å². The number of aromatic nitrogens is 2. The average Bonchev–Trinajstić information content (AvgIpc) is 3.08. The van der Waals surface area contributed by atoms with Crippen LogP contribution in [0.1, 0.15) is 45.4 Å². The number of unbranched alkanes of at least 4 members (excludes halogenated alkanes) is 5. The van der Waals surface area contributed by atoms with E-state index in [1.165, 1.54) is 37.4 Å². The number of benzene rings is 1. The number of hydrogen-bond acceptors (Lipinski definition) is 7. The molecule has 0 saturated carbocycles. The molecular formula is C21H32N2O5S. The number of aryl methyl sites for hydroxylation is 1. The Morgan fingerprint density at radius 3 is 2.48 bits per heavy atom. The lowest BCUT2D eigenvalue weighted by Gasteiger charge is -2.39. The van der Waals surface area contributed by atoms with Gasteiger partial charge in [0, 0.05) is 6.54 Å². The van der Waals surface area contributed by atoms with Crippen LogP contribution in [0.4, 0.5) is 0 Å². The van der Waals surface area contributed by atoms with E-state index in [2.05, 4.69) is 11.5 Å². The molecule has 0 spiro atoms. The highest BCUT2D eigenvalue weighted by Crippen LogP contribution is 2.34. The van der Waals surface area contributed by atoms with Gasteiger partial charge in [-0.05, 0) is 18.6 Å². The van der Waals surface area contributed by atoms with Gasteiger partial charge < -0.3 is 29.7 Å². The van der Waals surface area contributed by atoms with Crippen LogP contribution in [0.15, 0.2) is 29.4 Å². The lowest BCUT2D eigenvalue weighted by Crippen LogP contribution is -2.57. The number of imidazole rings is 1. The van der Waals surface area contributed by atoms with Crippen LogP contribution in [0.3, 0.4) is 0 Å². The van der Waals surface area contributed by atoms with E-state index in [0.717, 1.165) is 30.4 Å². The molecule has 0 aliphatic carbocycles. The number of aliphatic hydroxyl groups excluding tert-OH is 4. The molecule has 29 heavy (non-hydrogen) atoms. The highest BCUT2D eigenvalue weighted by atomic mass is 32.2. The summed E-state index contributed by atoms with van der Waals surface area (Å²) in [5, 5.41) is 40.5. The summed E-state index contributed by atoms with van der Waals surface area (Å²) < 4.78 is 7.78. The quantitative estimate of drug-likeness (QED) is 0.433. The summed E-state index contributed by atoms with van der Waals surface area (Å²) in [5.74, 6) is 0. The fourth-order valence-corrected chi connectivity index (χ4v) is 4.85. The molecule has 162 valence electrons. The number of hydrogen-bond donors (Lipinski definition) is 4. The highest BCUT2D eigenvalue weighted by Gasteiger charge is 2.44. The van der Waals surface area contributed by atoms with Gasteiger partial charge >= 0.3 is 0 Å². The number of nitrogens with zero attached hydrogens (tertiary/aromatic N) is 2. The fourth-order valence-electron chi connectivity index (χ4n) is 3.68. The molecule has 1 fully saturated rings. The summed E-state index contributed by atoms with van der Waals surface area (Å²) in [7, 11) is 0. The Morgan fingerprint density at radius 2 is 1.72 bits per heavy atom. The third-order valence-electron chi connectivity index (χ3n) is 5.42. The summed E-state index contributed by atoms with van der Waals surface area (Å²) in [5.41, 5.74) is 1.06.